The number of nitrogens with one attached hydrogen (secondary N) is 1. The molecule has 152 valence electrons. The van der Waals surface area contributed by atoms with Crippen molar-refractivity contribution in [2.45, 2.75) is 52.2 Å². The molecule has 0 bridgehead atoms. The van der Waals surface area contributed by atoms with Gasteiger partial charge in [0, 0.05) is 45.3 Å². The lowest BCUT2D eigenvalue weighted by atomic mass is 10.00. The molecule has 0 saturated heterocycles. The minimum Gasteiger partial charge on any atom is -0.382 e. The fraction of sp³-hybridized carbons (Fsp3) is 0.545. The highest BCUT2D eigenvalue weighted by molar-refractivity contribution is 5.83. The first-order chi connectivity index (χ1) is 13.6. The quantitative estimate of drug-likeness (QED) is 0.675. The van der Waals surface area contributed by atoms with E-state index in [1.165, 1.54) is 5.56 Å². The zero-order chi connectivity index (χ0) is 19.9. The highest BCUT2D eigenvalue weighted by Crippen LogP contribution is 2.32. The Balaban J connectivity index is 1.81. The number of imidazole rings is 1. The number of aromatic nitrogens is 2. The number of carbonyl (C=O) groups excluding carboxylic acids is 1. The predicted octanol–water partition coefficient (Wildman–Crippen LogP) is 3.11. The topological polar surface area (TPSA) is 59.4 Å². The van der Waals surface area contributed by atoms with E-state index in [0.29, 0.717) is 19.8 Å². The Morgan fingerprint density at radius 2 is 2.11 bits per heavy atom. The highest BCUT2D eigenvalue weighted by Gasteiger charge is 2.36. The van der Waals surface area contributed by atoms with Crippen LogP contribution in [0, 0.1) is 0 Å². The molecule has 0 spiro atoms. The molecule has 3 rings (SSSR count). The lowest BCUT2D eigenvalue weighted by Gasteiger charge is -2.36. The SMILES string of the molecule is CCOCCCNC(=O)C1c2c(ncn2C(C)C)CCN1Cc1ccccc1. The first kappa shape index (κ1) is 20.6. The lowest BCUT2D eigenvalue weighted by molar-refractivity contribution is -0.127. The molecule has 0 aliphatic carbocycles. The summed E-state index contributed by atoms with van der Waals surface area (Å²) >= 11 is 0. The van der Waals surface area contributed by atoms with E-state index in [1.54, 1.807) is 0 Å². The van der Waals surface area contributed by atoms with Crippen LogP contribution in [0.2, 0.25) is 0 Å². The summed E-state index contributed by atoms with van der Waals surface area (Å²) in [6.07, 6.45) is 3.58. The summed E-state index contributed by atoms with van der Waals surface area (Å²) in [6.45, 7) is 9.83. The molecule has 1 atom stereocenters. The molecule has 1 aliphatic rings. The summed E-state index contributed by atoms with van der Waals surface area (Å²) in [5.74, 6) is 0.0516. The number of carbonyl (C=O) groups is 1. The molecule has 1 N–H and O–H groups in total. The number of rotatable bonds is 9. The van der Waals surface area contributed by atoms with Crippen LogP contribution in [0.5, 0.6) is 0 Å². The van der Waals surface area contributed by atoms with E-state index in [-0.39, 0.29) is 18.0 Å². The normalized spacial score (nSPS) is 16.9. The molecule has 1 amide bonds. The average Bonchev–Trinajstić information content (AvgIpc) is 3.12. The third-order valence-corrected chi connectivity index (χ3v) is 5.17. The Morgan fingerprint density at radius 3 is 2.82 bits per heavy atom. The van der Waals surface area contributed by atoms with Crippen molar-refractivity contribution in [2.24, 2.45) is 0 Å². The van der Waals surface area contributed by atoms with Crippen LogP contribution in [-0.2, 0) is 22.5 Å². The molecular weight excluding hydrogens is 352 g/mol. The van der Waals surface area contributed by atoms with Gasteiger partial charge in [-0.15, -0.1) is 0 Å². The standard InChI is InChI=1S/C22H32N4O2/c1-4-28-14-8-12-23-22(27)21-20-19(24-16-26(20)17(2)3)11-13-25(21)15-18-9-6-5-7-10-18/h5-7,9-10,16-17,21H,4,8,11-15H2,1-3H3,(H,23,27). The molecular formula is C22H32N4O2. The van der Waals surface area contributed by atoms with Gasteiger partial charge in [-0.1, -0.05) is 30.3 Å². The first-order valence-corrected chi connectivity index (χ1v) is 10.3. The monoisotopic (exact) mass is 384 g/mol. The molecule has 1 aliphatic heterocycles. The first-order valence-electron chi connectivity index (χ1n) is 10.3. The van der Waals surface area contributed by atoms with Gasteiger partial charge in [0.15, 0.2) is 0 Å². The Kier molecular flexibility index (Phi) is 7.23. The van der Waals surface area contributed by atoms with Gasteiger partial charge < -0.3 is 14.6 Å². The van der Waals surface area contributed by atoms with E-state index in [4.69, 9.17) is 4.74 Å². The van der Waals surface area contributed by atoms with Gasteiger partial charge >= 0.3 is 0 Å². The number of benzene rings is 1. The van der Waals surface area contributed by atoms with E-state index in [0.717, 1.165) is 37.3 Å². The van der Waals surface area contributed by atoms with Crippen molar-refractivity contribution in [1.82, 2.24) is 19.8 Å². The van der Waals surface area contributed by atoms with Gasteiger partial charge in [-0.25, -0.2) is 4.98 Å². The summed E-state index contributed by atoms with van der Waals surface area (Å²) in [7, 11) is 0. The number of ether oxygens (including phenoxy) is 1. The molecule has 0 fully saturated rings. The van der Waals surface area contributed by atoms with Gasteiger partial charge in [0.2, 0.25) is 5.91 Å². The van der Waals surface area contributed by atoms with Crippen molar-refractivity contribution >= 4 is 5.91 Å². The van der Waals surface area contributed by atoms with Gasteiger partial charge in [-0.05, 0) is 32.8 Å². The second-order valence-electron chi connectivity index (χ2n) is 7.53. The summed E-state index contributed by atoms with van der Waals surface area (Å²) in [6, 6.07) is 10.3. The fourth-order valence-electron chi connectivity index (χ4n) is 3.77. The maximum absolute atomic E-state index is 13.2. The number of nitrogens with zero attached hydrogens (tertiary/aromatic N) is 3. The summed E-state index contributed by atoms with van der Waals surface area (Å²) in [4.78, 5) is 20.1. The minimum atomic E-state index is -0.319. The van der Waals surface area contributed by atoms with Crippen molar-refractivity contribution in [1.29, 1.82) is 0 Å². The molecule has 1 unspecified atom stereocenters. The van der Waals surface area contributed by atoms with Crippen molar-refractivity contribution in [2.75, 3.05) is 26.3 Å². The molecule has 28 heavy (non-hydrogen) atoms. The average molecular weight is 385 g/mol. The molecule has 1 aromatic carbocycles. The van der Waals surface area contributed by atoms with Crippen LogP contribution in [0.3, 0.4) is 0 Å². The van der Waals surface area contributed by atoms with Gasteiger partial charge in [-0.3, -0.25) is 9.69 Å². The van der Waals surface area contributed by atoms with E-state index in [2.05, 4.69) is 45.7 Å². The molecule has 6 heteroatoms. The van der Waals surface area contributed by atoms with Crippen molar-refractivity contribution in [3.8, 4) is 0 Å². The van der Waals surface area contributed by atoms with Gasteiger partial charge in [0.1, 0.15) is 6.04 Å². The Morgan fingerprint density at radius 1 is 1.32 bits per heavy atom. The third kappa shape index (κ3) is 4.80. The zero-order valence-electron chi connectivity index (χ0n) is 17.2. The number of hydrogen-bond acceptors (Lipinski definition) is 4. The predicted molar refractivity (Wildman–Crippen MR) is 110 cm³/mol. The fourth-order valence-corrected chi connectivity index (χ4v) is 3.77. The van der Waals surface area contributed by atoms with Gasteiger partial charge in [0.05, 0.1) is 17.7 Å². The van der Waals surface area contributed by atoms with E-state index in [9.17, 15) is 4.79 Å². The lowest BCUT2D eigenvalue weighted by Crippen LogP contribution is -2.45. The largest absolute Gasteiger partial charge is 0.382 e. The minimum absolute atomic E-state index is 0.0516. The van der Waals surface area contributed by atoms with Crippen LogP contribution in [-0.4, -0.2) is 46.7 Å². The van der Waals surface area contributed by atoms with Crippen LogP contribution < -0.4 is 5.32 Å². The molecule has 0 radical (unpaired) electrons. The smallest absolute Gasteiger partial charge is 0.243 e. The zero-order valence-corrected chi connectivity index (χ0v) is 17.2. The summed E-state index contributed by atoms with van der Waals surface area (Å²) < 4.78 is 7.53. The molecule has 2 aromatic rings. The van der Waals surface area contributed by atoms with E-state index in [1.807, 2.05) is 31.5 Å². The summed E-state index contributed by atoms with van der Waals surface area (Å²) in [5.41, 5.74) is 3.31. The van der Waals surface area contributed by atoms with Crippen LogP contribution in [0.15, 0.2) is 36.7 Å². The van der Waals surface area contributed by atoms with Gasteiger partial charge in [-0.2, -0.15) is 0 Å². The number of fused-ring (bicyclic) bond motifs is 1. The van der Waals surface area contributed by atoms with Crippen LogP contribution in [0.4, 0.5) is 0 Å². The van der Waals surface area contributed by atoms with E-state index < -0.39 is 0 Å². The number of amides is 1. The molecule has 0 saturated carbocycles. The molecule has 6 nitrogen and oxygen atoms in total. The van der Waals surface area contributed by atoms with Crippen LogP contribution in [0.1, 0.15) is 56.2 Å². The Bertz CT molecular complexity index is 757. The van der Waals surface area contributed by atoms with Crippen molar-refractivity contribution in [3.63, 3.8) is 0 Å². The van der Waals surface area contributed by atoms with Crippen molar-refractivity contribution in [3.05, 3.63) is 53.6 Å². The van der Waals surface area contributed by atoms with E-state index >= 15 is 0 Å². The maximum atomic E-state index is 13.2. The summed E-state index contributed by atoms with van der Waals surface area (Å²) in [5, 5.41) is 3.12. The third-order valence-electron chi connectivity index (χ3n) is 5.17. The second kappa shape index (κ2) is 9.85. The maximum Gasteiger partial charge on any atom is 0.243 e. The second-order valence-corrected chi connectivity index (χ2v) is 7.53. The highest BCUT2D eigenvalue weighted by atomic mass is 16.5. The van der Waals surface area contributed by atoms with Crippen molar-refractivity contribution < 1.29 is 9.53 Å². The van der Waals surface area contributed by atoms with Crippen LogP contribution >= 0.6 is 0 Å². The molecule has 1 aromatic heterocycles. The van der Waals surface area contributed by atoms with Crippen LogP contribution in [0.25, 0.3) is 0 Å². The Hall–Kier alpha value is -2.18. The van der Waals surface area contributed by atoms with Gasteiger partial charge in [0.25, 0.3) is 0 Å². The molecule has 2 heterocycles. The Labute approximate surface area is 167 Å². The number of hydrogen-bond donors (Lipinski definition) is 1.